The quantitative estimate of drug-likeness (QED) is 0.719. The first-order chi connectivity index (χ1) is 10.2. The highest BCUT2D eigenvalue weighted by Gasteiger charge is 2.12. The molecular weight excluding hydrogens is 264 g/mol. The second-order valence-corrected chi connectivity index (χ2v) is 4.98. The summed E-state index contributed by atoms with van der Waals surface area (Å²) in [4.78, 5) is 8.92. The minimum absolute atomic E-state index is 0.108. The first-order valence-electron chi connectivity index (χ1n) is 7.01. The van der Waals surface area contributed by atoms with Gasteiger partial charge in [-0.05, 0) is 36.2 Å². The van der Waals surface area contributed by atoms with Crippen LogP contribution in [0.1, 0.15) is 24.0 Å². The van der Waals surface area contributed by atoms with Gasteiger partial charge in [0, 0.05) is 11.9 Å². The maximum atomic E-state index is 9.56. The molecule has 5 nitrogen and oxygen atoms in total. The summed E-state index contributed by atoms with van der Waals surface area (Å²) in [5.74, 6) is 0.628. The largest absolute Gasteiger partial charge is 0.399 e. The molecule has 0 bridgehead atoms. The Bertz CT molecular complexity index is 779. The van der Waals surface area contributed by atoms with Gasteiger partial charge >= 0.3 is 0 Å². The van der Waals surface area contributed by atoms with Crippen LogP contribution in [0.15, 0.2) is 36.5 Å². The number of aromatic nitrogens is 3. The van der Waals surface area contributed by atoms with E-state index in [1.165, 1.54) is 5.56 Å². The molecule has 0 spiro atoms. The summed E-state index contributed by atoms with van der Waals surface area (Å²) in [6.07, 6.45) is 2.72. The number of nitrogen functional groups attached to an aromatic ring is 1. The van der Waals surface area contributed by atoms with Crippen LogP contribution in [0, 0.1) is 0 Å². The normalized spacial score (nSPS) is 11.1. The maximum absolute atomic E-state index is 9.56. The lowest BCUT2D eigenvalue weighted by Gasteiger charge is -2.10. The van der Waals surface area contributed by atoms with Crippen molar-refractivity contribution in [1.29, 1.82) is 0 Å². The van der Waals surface area contributed by atoms with Gasteiger partial charge in [0.1, 0.15) is 12.4 Å². The van der Waals surface area contributed by atoms with Crippen molar-refractivity contribution in [2.24, 2.45) is 0 Å². The van der Waals surface area contributed by atoms with Crippen molar-refractivity contribution in [2.45, 2.75) is 26.5 Å². The Morgan fingerprint density at radius 1 is 1.29 bits per heavy atom. The summed E-state index contributed by atoms with van der Waals surface area (Å²) in [5.41, 5.74) is 10.4. The van der Waals surface area contributed by atoms with E-state index < -0.39 is 0 Å². The molecule has 0 saturated heterocycles. The second kappa shape index (κ2) is 5.54. The molecule has 0 aliphatic carbocycles. The summed E-state index contributed by atoms with van der Waals surface area (Å²) in [6, 6.07) is 9.64. The van der Waals surface area contributed by atoms with Crippen LogP contribution < -0.4 is 5.73 Å². The highest BCUT2D eigenvalue weighted by molar-refractivity contribution is 5.79. The zero-order valence-corrected chi connectivity index (χ0v) is 12.0. The number of aliphatic hydroxyl groups is 1. The average Bonchev–Trinajstić information content (AvgIpc) is 2.84. The van der Waals surface area contributed by atoms with E-state index in [0.29, 0.717) is 18.1 Å². The fourth-order valence-electron chi connectivity index (χ4n) is 2.58. The Morgan fingerprint density at radius 3 is 2.90 bits per heavy atom. The number of hydrogen-bond donors (Lipinski definition) is 2. The van der Waals surface area contributed by atoms with Gasteiger partial charge in [0.05, 0.1) is 23.3 Å². The van der Waals surface area contributed by atoms with Crippen LogP contribution in [-0.2, 0) is 19.6 Å². The lowest BCUT2D eigenvalue weighted by molar-refractivity contribution is 0.267. The first-order valence-corrected chi connectivity index (χ1v) is 7.01. The van der Waals surface area contributed by atoms with E-state index in [2.05, 4.69) is 23.0 Å². The summed E-state index contributed by atoms with van der Waals surface area (Å²) >= 11 is 0. The van der Waals surface area contributed by atoms with Crippen molar-refractivity contribution in [3.63, 3.8) is 0 Å². The van der Waals surface area contributed by atoms with Crippen molar-refractivity contribution in [1.82, 2.24) is 14.5 Å². The van der Waals surface area contributed by atoms with E-state index in [9.17, 15) is 5.11 Å². The Balaban J connectivity index is 2.11. The molecule has 3 rings (SSSR count). The van der Waals surface area contributed by atoms with Crippen LogP contribution >= 0.6 is 0 Å². The number of benzene rings is 1. The molecule has 0 aliphatic rings. The SMILES string of the molecule is CCc1cccnc1Cn1c(CO)nc2cc(N)ccc21. The molecule has 5 heteroatoms. The highest BCUT2D eigenvalue weighted by atomic mass is 16.3. The van der Waals surface area contributed by atoms with Gasteiger partial charge in [-0.25, -0.2) is 4.98 Å². The minimum Gasteiger partial charge on any atom is -0.399 e. The summed E-state index contributed by atoms with van der Waals surface area (Å²) in [5, 5.41) is 9.56. The summed E-state index contributed by atoms with van der Waals surface area (Å²) in [7, 11) is 0. The van der Waals surface area contributed by atoms with Gasteiger partial charge in [0.2, 0.25) is 0 Å². The Morgan fingerprint density at radius 2 is 2.14 bits per heavy atom. The molecule has 3 N–H and O–H groups in total. The second-order valence-electron chi connectivity index (χ2n) is 4.98. The monoisotopic (exact) mass is 282 g/mol. The standard InChI is InChI=1S/C16H18N4O/c1-2-11-4-3-7-18-14(11)9-20-15-6-5-12(17)8-13(15)19-16(20)10-21/h3-8,21H,2,9-10,17H2,1H3. The molecule has 0 radical (unpaired) electrons. The topological polar surface area (TPSA) is 77.0 Å². The van der Waals surface area contributed by atoms with Gasteiger partial charge in [-0.3, -0.25) is 4.98 Å². The van der Waals surface area contributed by atoms with Gasteiger partial charge in [-0.15, -0.1) is 0 Å². The molecule has 0 fully saturated rings. The third-order valence-electron chi connectivity index (χ3n) is 3.67. The molecule has 21 heavy (non-hydrogen) atoms. The van der Waals surface area contributed by atoms with E-state index in [4.69, 9.17) is 5.73 Å². The van der Waals surface area contributed by atoms with E-state index in [1.54, 1.807) is 6.20 Å². The number of rotatable bonds is 4. The minimum atomic E-state index is -0.108. The molecule has 3 aromatic rings. The summed E-state index contributed by atoms with van der Waals surface area (Å²) in [6.45, 7) is 2.60. The lowest BCUT2D eigenvalue weighted by atomic mass is 10.1. The molecule has 0 aliphatic heterocycles. The fourth-order valence-corrected chi connectivity index (χ4v) is 2.58. The van der Waals surface area contributed by atoms with Crippen LogP contribution in [0.3, 0.4) is 0 Å². The fraction of sp³-hybridized carbons (Fsp3) is 0.250. The Labute approximate surface area is 123 Å². The highest BCUT2D eigenvalue weighted by Crippen LogP contribution is 2.21. The number of fused-ring (bicyclic) bond motifs is 1. The number of nitrogens with two attached hydrogens (primary N) is 1. The van der Waals surface area contributed by atoms with Crippen LogP contribution in [0.25, 0.3) is 11.0 Å². The van der Waals surface area contributed by atoms with Gasteiger partial charge in [-0.1, -0.05) is 13.0 Å². The van der Waals surface area contributed by atoms with Crippen molar-refractivity contribution < 1.29 is 5.11 Å². The third-order valence-corrected chi connectivity index (χ3v) is 3.67. The average molecular weight is 282 g/mol. The van der Waals surface area contributed by atoms with Crippen molar-refractivity contribution in [2.75, 3.05) is 5.73 Å². The molecule has 1 aromatic carbocycles. The van der Waals surface area contributed by atoms with Crippen molar-refractivity contribution >= 4 is 16.7 Å². The van der Waals surface area contributed by atoms with Gasteiger partial charge in [0.25, 0.3) is 0 Å². The zero-order chi connectivity index (χ0) is 14.8. The van der Waals surface area contributed by atoms with Crippen LogP contribution in [0.5, 0.6) is 0 Å². The Kier molecular flexibility index (Phi) is 3.58. The summed E-state index contributed by atoms with van der Waals surface area (Å²) < 4.78 is 2.00. The van der Waals surface area contributed by atoms with E-state index in [-0.39, 0.29) is 6.61 Å². The third kappa shape index (κ3) is 2.48. The van der Waals surface area contributed by atoms with Crippen LogP contribution in [0.4, 0.5) is 5.69 Å². The molecular formula is C16H18N4O. The van der Waals surface area contributed by atoms with Gasteiger partial charge < -0.3 is 15.4 Å². The van der Waals surface area contributed by atoms with Gasteiger partial charge in [-0.2, -0.15) is 0 Å². The zero-order valence-electron chi connectivity index (χ0n) is 12.0. The molecule has 108 valence electrons. The molecule has 2 heterocycles. The van der Waals surface area contributed by atoms with E-state index >= 15 is 0 Å². The van der Waals surface area contributed by atoms with Crippen LogP contribution in [0.2, 0.25) is 0 Å². The predicted molar refractivity (Wildman–Crippen MR) is 82.8 cm³/mol. The number of nitrogens with zero attached hydrogens (tertiary/aromatic N) is 3. The molecule has 0 unspecified atom stereocenters. The molecule has 0 atom stereocenters. The van der Waals surface area contributed by atoms with E-state index in [1.807, 2.05) is 28.8 Å². The van der Waals surface area contributed by atoms with Gasteiger partial charge in [0.15, 0.2) is 0 Å². The number of hydrogen-bond acceptors (Lipinski definition) is 4. The van der Waals surface area contributed by atoms with Crippen LogP contribution in [-0.4, -0.2) is 19.6 Å². The molecule has 0 amide bonds. The molecule has 0 saturated carbocycles. The first kappa shape index (κ1) is 13.6. The Hall–Kier alpha value is -2.40. The number of imidazole rings is 1. The van der Waals surface area contributed by atoms with E-state index in [0.717, 1.165) is 23.1 Å². The van der Waals surface area contributed by atoms with Crippen molar-refractivity contribution in [3.8, 4) is 0 Å². The lowest BCUT2D eigenvalue weighted by Crippen LogP contribution is -2.08. The predicted octanol–water partition coefficient (Wildman–Crippen LogP) is 2.12. The smallest absolute Gasteiger partial charge is 0.136 e. The number of aryl methyl sites for hydroxylation is 1. The number of pyridine rings is 1. The number of aliphatic hydroxyl groups excluding tert-OH is 1. The molecule has 2 aromatic heterocycles. The number of anilines is 1. The van der Waals surface area contributed by atoms with Crippen molar-refractivity contribution in [3.05, 3.63) is 53.6 Å². The maximum Gasteiger partial charge on any atom is 0.136 e.